The maximum atomic E-state index is 13.4. The lowest BCUT2D eigenvalue weighted by Gasteiger charge is -2.15. The summed E-state index contributed by atoms with van der Waals surface area (Å²) < 4.78 is 65.8. The fourth-order valence-corrected chi connectivity index (χ4v) is 3.06. The van der Waals surface area contributed by atoms with Crippen LogP contribution in [0.4, 0.5) is 22.0 Å². The van der Waals surface area contributed by atoms with Gasteiger partial charge in [0.25, 0.3) is 5.92 Å². The maximum absolute atomic E-state index is 13.4. The van der Waals surface area contributed by atoms with Crippen molar-refractivity contribution in [3.63, 3.8) is 0 Å². The van der Waals surface area contributed by atoms with Crippen molar-refractivity contribution in [2.45, 2.75) is 24.6 Å². The van der Waals surface area contributed by atoms with Crippen molar-refractivity contribution >= 4 is 23.2 Å². The molecule has 1 N–H and O–H groups in total. The Morgan fingerprint density at radius 3 is 2.26 bits per heavy atom. The zero-order valence-electron chi connectivity index (χ0n) is 11.0. The highest BCUT2D eigenvalue weighted by Gasteiger charge is 2.49. The van der Waals surface area contributed by atoms with Gasteiger partial charge in [0.15, 0.2) is 0 Å². The number of nitrogens with zero attached hydrogens (tertiary/aromatic N) is 2. The summed E-state index contributed by atoms with van der Waals surface area (Å²) in [5.74, 6) is -3.33. The monoisotopic (exact) mass is 372 g/mol. The second-order valence-corrected chi connectivity index (χ2v) is 5.92. The second kappa shape index (κ2) is 5.06. The number of hydrogen-bond acceptors (Lipinski definition) is 2. The van der Waals surface area contributed by atoms with Crippen LogP contribution in [-0.4, -0.2) is 20.8 Å². The number of aliphatic hydroxyl groups excluding tert-OH is 1. The average Bonchev–Trinajstić information content (AvgIpc) is 2.86. The lowest BCUT2D eigenvalue weighted by atomic mass is 10.2. The quantitative estimate of drug-likeness (QED) is 0.752. The summed E-state index contributed by atoms with van der Waals surface area (Å²) in [6.07, 6.45) is -6.35. The van der Waals surface area contributed by atoms with E-state index in [2.05, 4.69) is 5.10 Å². The van der Waals surface area contributed by atoms with E-state index in [1.54, 1.807) is 0 Å². The van der Waals surface area contributed by atoms with E-state index in [9.17, 15) is 27.1 Å². The van der Waals surface area contributed by atoms with Gasteiger partial charge in [0.1, 0.15) is 11.8 Å². The zero-order chi connectivity index (χ0) is 17.2. The van der Waals surface area contributed by atoms with Crippen LogP contribution in [0, 0.1) is 0 Å². The highest BCUT2D eigenvalue weighted by atomic mass is 35.5. The summed E-state index contributed by atoms with van der Waals surface area (Å²) in [5.41, 5.74) is -1.29. The zero-order valence-corrected chi connectivity index (χ0v) is 12.5. The molecule has 0 aliphatic heterocycles. The second-order valence-electron chi connectivity index (χ2n) is 5.10. The van der Waals surface area contributed by atoms with Crippen molar-refractivity contribution in [1.82, 2.24) is 9.78 Å². The number of aromatic nitrogens is 2. The Kier molecular flexibility index (Phi) is 3.62. The van der Waals surface area contributed by atoms with E-state index in [0.717, 1.165) is 10.9 Å². The predicted molar refractivity (Wildman–Crippen MR) is 72.2 cm³/mol. The molecule has 124 valence electrons. The van der Waals surface area contributed by atoms with Crippen molar-refractivity contribution in [1.29, 1.82) is 0 Å². The first kappa shape index (κ1) is 16.5. The average molecular weight is 373 g/mol. The van der Waals surface area contributed by atoms with E-state index in [-0.39, 0.29) is 27.0 Å². The summed E-state index contributed by atoms with van der Waals surface area (Å²) in [6, 6.07) is 1.33. The topological polar surface area (TPSA) is 38.0 Å². The van der Waals surface area contributed by atoms with Gasteiger partial charge in [-0.1, -0.05) is 23.2 Å². The molecule has 1 unspecified atom stereocenters. The first-order valence-electron chi connectivity index (χ1n) is 6.21. The molecule has 0 fully saturated rings. The fourth-order valence-electron chi connectivity index (χ4n) is 2.40. The predicted octanol–water partition coefficient (Wildman–Crippen LogP) is 4.42. The van der Waals surface area contributed by atoms with Crippen LogP contribution in [0.3, 0.4) is 0 Å². The minimum Gasteiger partial charge on any atom is -0.382 e. The molecule has 1 atom stereocenters. The lowest BCUT2D eigenvalue weighted by Crippen LogP contribution is -2.22. The van der Waals surface area contributed by atoms with Gasteiger partial charge in [0, 0.05) is 11.8 Å². The molecule has 1 aromatic heterocycles. The summed E-state index contributed by atoms with van der Waals surface area (Å²) in [5, 5.41) is 12.7. The molecule has 0 saturated heterocycles. The summed E-state index contributed by atoms with van der Waals surface area (Å²) >= 11 is 11.7. The third kappa shape index (κ3) is 2.68. The molecule has 23 heavy (non-hydrogen) atoms. The molecule has 1 aliphatic rings. The number of rotatable bonds is 1. The van der Waals surface area contributed by atoms with Crippen molar-refractivity contribution in [2.24, 2.45) is 0 Å². The number of fused-ring (bicyclic) bond motifs is 1. The molecular formula is C13H7Cl2F5N2O. The summed E-state index contributed by atoms with van der Waals surface area (Å²) in [6.45, 7) is 0. The first-order valence-corrected chi connectivity index (χ1v) is 6.97. The van der Waals surface area contributed by atoms with Gasteiger partial charge >= 0.3 is 6.18 Å². The van der Waals surface area contributed by atoms with Gasteiger partial charge in [-0.2, -0.15) is 18.3 Å². The van der Waals surface area contributed by atoms with Crippen LogP contribution in [0.25, 0.3) is 5.69 Å². The first-order chi connectivity index (χ1) is 10.5. The van der Waals surface area contributed by atoms with E-state index in [1.807, 2.05) is 0 Å². The molecule has 1 heterocycles. The fraction of sp³-hybridized carbons (Fsp3) is 0.308. The highest BCUT2D eigenvalue weighted by molar-refractivity contribution is 6.37. The van der Waals surface area contributed by atoms with E-state index < -0.39 is 30.2 Å². The minimum atomic E-state index is -4.63. The minimum absolute atomic E-state index is 0.0606. The van der Waals surface area contributed by atoms with E-state index in [0.29, 0.717) is 12.1 Å². The Morgan fingerprint density at radius 1 is 1.22 bits per heavy atom. The number of halogens is 7. The van der Waals surface area contributed by atoms with Crippen LogP contribution < -0.4 is 0 Å². The van der Waals surface area contributed by atoms with Gasteiger partial charge in [0.05, 0.1) is 27.7 Å². The molecule has 3 rings (SSSR count). The van der Waals surface area contributed by atoms with Crippen molar-refractivity contribution in [3.05, 3.63) is 45.2 Å². The van der Waals surface area contributed by atoms with Crippen molar-refractivity contribution < 1.29 is 27.1 Å². The normalized spacial score (nSPS) is 19.9. The van der Waals surface area contributed by atoms with E-state index in [1.165, 1.54) is 0 Å². The molecule has 0 spiro atoms. The van der Waals surface area contributed by atoms with Crippen LogP contribution in [0.1, 0.15) is 22.9 Å². The van der Waals surface area contributed by atoms with Gasteiger partial charge in [-0.25, -0.2) is 13.5 Å². The van der Waals surface area contributed by atoms with E-state index >= 15 is 0 Å². The SMILES string of the molecule is OC1c2cn(-c3c(Cl)cc(C(F)(F)F)cc3Cl)nc2CC1(F)F. The summed E-state index contributed by atoms with van der Waals surface area (Å²) in [7, 11) is 0. The number of hydrogen-bond donors (Lipinski definition) is 1. The van der Waals surface area contributed by atoms with Crippen LogP contribution in [0.5, 0.6) is 0 Å². The molecule has 0 saturated carbocycles. The molecule has 1 aliphatic carbocycles. The van der Waals surface area contributed by atoms with Gasteiger partial charge in [0.2, 0.25) is 0 Å². The Labute approximate surface area is 136 Å². The van der Waals surface area contributed by atoms with E-state index in [4.69, 9.17) is 23.2 Å². The molecular weight excluding hydrogens is 366 g/mol. The van der Waals surface area contributed by atoms with Gasteiger partial charge in [-0.15, -0.1) is 0 Å². The third-order valence-electron chi connectivity index (χ3n) is 3.49. The van der Waals surface area contributed by atoms with Crippen LogP contribution in [0.15, 0.2) is 18.3 Å². The molecule has 10 heteroatoms. The van der Waals surface area contributed by atoms with Gasteiger partial charge in [-0.05, 0) is 12.1 Å². The van der Waals surface area contributed by atoms with Gasteiger partial charge < -0.3 is 5.11 Å². The Morgan fingerprint density at radius 2 is 1.78 bits per heavy atom. The standard InChI is InChI=1S/C13H7Cl2F5N2O/c14-7-1-5(13(18,19)20)2-8(15)10(7)22-4-6-9(21-22)3-12(16,17)11(6)23/h1-2,4,11,23H,3H2. The molecule has 0 amide bonds. The lowest BCUT2D eigenvalue weighted by molar-refractivity contribution is -0.137. The third-order valence-corrected chi connectivity index (χ3v) is 4.07. The Hall–Kier alpha value is -1.38. The molecule has 0 radical (unpaired) electrons. The Bertz CT molecular complexity index is 764. The largest absolute Gasteiger partial charge is 0.416 e. The van der Waals surface area contributed by atoms with Crippen molar-refractivity contribution in [2.75, 3.05) is 0 Å². The van der Waals surface area contributed by atoms with Crippen LogP contribution in [0.2, 0.25) is 10.0 Å². The highest BCUT2D eigenvalue weighted by Crippen LogP contribution is 2.44. The maximum Gasteiger partial charge on any atom is 0.416 e. The molecule has 1 aromatic carbocycles. The summed E-state index contributed by atoms with van der Waals surface area (Å²) in [4.78, 5) is 0. The Balaban J connectivity index is 2.07. The van der Waals surface area contributed by atoms with Crippen LogP contribution in [-0.2, 0) is 12.6 Å². The number of aliphatic hydroxyl groups is 1. The van der Waals surface area contributed by atoms with Crippen molar-refractivity contribution in [3.8, 4) is 5.69 Å². The number of benzene rings is 1. The molecule has 2 aromatic rings. The van der Waals surface area contributed by atoms with Crippen LogP contribution >= 0.6 is 23.2 Å². The molecule has 0 bridgehead atoms. The van der Waals surface area contributed by atoms with Gasteiger partial charge in [-0.3, -0.25) is 0 Å². The molecule has 3 nitrogen and oxygen atoms in total. The smallest absolute Gasteiger partial charge is 0.382 e. The number of alkyl halides is 5.